The first kappa shape index (κ1) is 18.8. The van der Waals surface area contributed by atoms with E-state index in [0.717, 1.165) is 4.90 Å². The number of nitrogens with zero attached hydrogens (tertiary/aromatic N) is 2. The molecule has 1 aromatic heterocycles. The molecule has 1 aromatic carbocycles. The van der Waals surface area contributed by atoms with Crippen LogP contribution in [-0.2, 0) is 9.59 Å². The van der Waals surface area contributed by atoms with Gasteiger partial charge in [0.05, 0.1) is 4.92 Å². The second-order valence-corrected chi connectivity index (χ2v) is 5.98. The van der Waals surface area contributed by atoms with Crippen molar-refractivity contribution in [2.45, 2.75) is 6.92 Å². The lowest BCUT2D eigenvalue weighted by atomic mass is 10.1. The quantitative estimate of drug-likeness (QED) is 0.279. The molecule has 4 amide bonds. The van der Waals surface area contributed by atoms with Gasteiger partial charge in [-0.2, -0.15) is 0 Å². The number of urea groups is 1. The van der Waals surface area contributed by atoms with Crippen LogP contribution in [0.2, 0.25) is 0 Å². The molecule has 3 rings (SSSR count). The summed E-state index contributed by atoms with van der Waals surface area (Å²) in [5, 5.41) is 13.0. The molecule has 1 aliphatic rings. The second-order valence-electron chi connectivity index (χ2n) is 5.98. The lowest BCUT2D eigenvalue weighted by Gasteiger charge is -2.24. The number of nitrogens with one attached hydrogen (secondary N) is 1. The number of barbiturate groups is 1. The van der Waals surface area contributed by atoms with Crippen LogP contribution in [0.1, 0.15) is 11.3 Å². The van der Waals surface area contributed by atoms with E-state index in [-0.39, 0.29) is 23.6 Å². The molecule has 0 saturated carbocycles. The predicted molar refractivity (Wildman–Crippen MR) is 99.0 cm³/mol. The minimum Gasteiger partial charge on any atom is -0.457 e. The van der Waals surface area contributed by atoms with E-state index in [1.165, 1.54) is 18.2 Å². The van der Waals surface area contributed by atoms with Crippen LogP contribution in [0.25, 0.3) is 17.4 Å². The van der Waals surface area contributed by atoms with Gasteiger partial charge in [-0.1, -0.05) is 6.08 Å². The zero-order chi connectivity index (χ0) is 20.4. The molecule has 2 aromatic rings. The maximum Gasteiger partial charge on any atom is 0.331 e. The molecule has 2 heterocycles. The van der Waals surface area contributed by atoms with Gasteiger partial charge in [0.2, 0.25) is 0 Å². The highest BCUT2D eigenvalue weighted by atomic mass is 16.6. The minimum atomic E-state index is -0.820. The second kappa shape index (κ2) is 7.31. The fraction of sp³-hybridized carbons (Fsp3) is 0.105. The Morgan fingerprint density at radius 3 is 2.64 bits per heavy atom. The van der Waals surface area contributed by atoms with Crippen LogP contribution in [0.3, 0.4) is 0 Å². The number of hydrogen-bond acceptors (Lipinski definition) is 6. The minimum absolute atomic E-state index is 0.00546. The first-order chi connectivity index (χ1) is 13.3. The number of carbonyl (C=O) groups is 3. The van der Waals surface area contributed by atoms with E-state index in [1.54, 1.807) is 31.2 Å². The molecule has 142 valence electrons. The zero-order valence-electron chi connectivity index (χ0n) is 14.8. The van der Waals surface area contributed by atoms with Crippen LogP contribution in [0.4, 0.5) is 10.5 Å². The van der Waals surface area contributed by atoms with Gasteiger partial charge < -0.3 is 4.42 Å². The lowest BCUT2D eigenvalue weighted by Crippen LogP contribution is -2.54. The average molecular weight is 381 g/mol. The number of carbonyl (C=O) groups excluding carboxylic acids is 3. The van der Waals surface area contributed by atoms with E-state index in [1.807, 2.05) is 0 Å². The van der Waals surface area contributed by atoms with E-state index in [2.05, 4.69) is 11.9 Å². The normalized spacial score (nSPS) is 15.7. The molecular formula is C19H15N3O6. The number of amides is 4. The van der Waals surface area contributed by atoms with Crippen LogP contribution in [0, 0.1) is 17.0 Å². The molecule has 1 saturated heterocycles. The molecular weight excluding hydrogens is 366 g/mol. The largest absolute Gasteiger partial charge is 0.457 e. The molecule has 9 heteroatoms. The lowest BCUT2D eigenvalue weighted by molar-refractivity contribution is -0.385. The molecule has 28 heavy (non-hydrogen) atoms. The third kappa shape index (κ3) is 3.45. The SMILES string of the molecule is C=CCN1C(=O)NC(=O)C(=Cc2ccc(-c3ccc([N+](=O)[O-])c(C)c3)o2)C1=O. The Labute approximate surface area is 159 Å². The summed E-state index contributed by atoms with van der Waals surface area (Å²) in [5.41, 5.74) is 0.825. The third-order valence-corrected chi connectivity index (χ3v) is 4.09. The maximum absolute atomic E-state index is 12.4. The Hall–Kier alpha value is -4.01. The topological polar surface area (TPSA) is 123 Å². The molecule has 1 fully saturated rings. The summed E-state index contributed by atoms with van der Waals surface area (Å²) in [7, 11) is 0. The number of furan rings is 1. The van der Waals surface area contributed by atoms with Gasteiger partial charge in [-0.3, -0.25) is 29.9 Å². The van der Waals surface area contributed by atoms with Crippen LogP contribution in [0.15, 0.2) is 53.0 Å². The van der Waals surface area contributed by atoms with E-state index in [9.17, 15) is 24.5 Å². The van der Waals surface area contributed by atoms with Gasteiger partial charge >= 0.3 is 6.03 Å². The molecule has 0 bridgehead atoms. The Morgan fingerprint density at radius 1 is 1.25 bits per heavy atom. The Bertz CT molecular complexity index is 1050. The van der Waals surface area contributed by atoms with Crippen LogP contribution >= 0.6 is 0 Å². The van der Waals surface area contributed by atoms with Crippen molar-refractivity contribution in [2.75, 3.05) is 6.54 Å². The highest BCUT2D eigenvalue weighted by Crippen LogP contribution is 2.28. The van der Waals surface area contributed by atoms with E-state index < -0.39 is 22.8 Å². The highest BCUT2D eigenvalue weighted by molar-refractivity contribution is 6.30. The van der Waals surface area contributed by atoms with Gasteiger partial charge in [0.15, 0.2) is 0 Å². The third-order valence-electron chi connectivity index (χ3n) is 4.09. The van der Waals surface area contributed by atoms with Crippen molar-refractivity contribution in [3.63, 3.8) is 0 Å². The van der Waals surface area contributed by atoms with Crippen LogP contribution in [-0.4, -0.2) is 34.2 Å². The van der Waals surface area contributed by atoms with E-state index in [0.29, 0.717) is 16.9 Å². The fourth-order valence-electron chi connectivity index (χ4n) is 2.73. The fourth-order valence-corrected chi connectivity index (χ4v) is 2.73. The smallest absolute Gasteiger partial charge is 0.331 e. The van der Waals surface area contributed by atoms with Gasteiger partial charge in [-0.25, -0.2) is 4.79 Å². The predicted octanol–water partition coefficient (Wildman–Crippen LogP) is 2.81. The molecule has 0 unspecified atom stereocenters. The van der Waals surface area contributed by atoms with Crippen molar-refractivity contribution in [3.05, 3.63) is 70.0 Å². The summed E-state index contributed by atoms with van der Waals surface area (Å²) in [4.78, 5) is 47.4. The Morgan fingerprint density at radius 2 is 2.00 bits per heavy atom. The summed E-state index contributed by atoms with van der Waals surface area (Å²) in [6.07, 6.45) is 2.61. The van der Waals surface area contributed by atoms with Crippen molar-refractivity contribution >= 4 is 29.6 Å². The number of nitro groups is 1. The molecule has 0 spiro atoms. The van der Waals surface area contributed by atoms with Crippen molar-refractivity contribution < 1.29 is 23.7 Å². The molecule has 1 aliphatic heterocycles. The average Bonchev–Trinajstić information content (AvgIpc) is 3.10. The number of imide groups is 2. The Kier molecular flexibility index (Phi) is 4.90. The van der Waals surface area contributed by atoms with Crippen molar-refractivity contribution in [1.82, 2.24) is 10.2 Å². The monoisotopic (exact) mass is 381 g/mol. The summed E-state index contributed by atoms with van der Waals surface area (Å²) in [5.74, 6) is -0.942. The van der Waals surface area contributed by atoms with Crippen molar-refractivity contribution in [2.24, 2.45) is 0 Å². The van der Waals surface area contributed by atoms with Crippen LogP contribution < -0.4 is 5.32 Å². The molecule has 0 aliphatic carbocycles. The molecule has 0 radical (unpaired) electrons. The Balaban J connectivity index is 1.91. The molecule has 9 nitrogen and oxygen atoms in total. The van der Waals surface area contributed by atoms with Crippen molar-refractivity contribution in [1.29, 1.82) is 0 Å². The standard InChI is InChI=1S/C19H15N3O6/c1-3-8-21-18(24)14(17(23)20-19(21)25)10-13-5-7-16(28-13)12-4-6-15(22(26)27)11(2)9-12/h3-7,9-10H,1,8H2,2H3,(H,20,23,25). The summed E-state index contributed by atoms with van der Waals surface area (Å²) >= 11 is 0. The number of aryl methyl sites for hydroxylation is 1. The van der Waals surface area contributed by atoms with Crippen molar-refractivity contribution in [3.8, 4) is 11.3 Å². The molecule has 0 atom stereocenters. The van der Waals surface area contributed by atoms with E-state index in [4.69, 9.17) is 4.42 Å². The zero-order valence-corrected chi connectivity index (χ0v) is 14.8. The summed E-state index contributed by atoms with van der Waals surface area (Å²) < 4.78 is 5.64. The van der Waals surface area contributed by atoms with Gasteiger partial charge in [-0.15, -0.1) is 6.58 Å². The summed E-state index contributed by atoms with van der Waals surface area (Å²) in [6.45, 7) is 5.05. The number of hydrogen-bond donors (Lipinski definition) is 1. The number of benzene rings is 1. The maximum atomic E-state index is 12.4. The van der Waals surface area contributed by atoms with Gasteiger partial charge in [0, 0.05) is 23.7 Å². The molecule has 1 N–H and O–H groups in total. The van der Waals surface area contributed by atoms with Gasteiger partial charge in [-0.05, 0) is 37.3 Å². The van der Waals surface area contributed by atoms with Gasteiger partial charge in [0.25, 0.3) is 17.5 Å². The van der Waals surface area contributed by atoms with Gasteiger partial charge in [0.1, 0.15) is 17.1 Å². The first-order valence-corrected chi connectivity index (χ1v) is 8.17. The van der Waals surface area contributed by atoms with Crippen LogP contribution in [0.5, 0.6) is 0 Å². The van der Waals surface area contributed by atoms with E-state index >= 15 is 0 Å². The first-order valence-electron chi connectivity index (χ1n) is 8.17. The highest BCUT2D eigenvalue weighted by Gasteiger charge is 2.35. The summed E-state index contributed by atoms with van der Waals surface area (Å²) in [6, 6.07) is 6.88. The number of nitro benzene ring substituents is 1. The number of rotatable bonds is 5.